The molecule has 0 aliphatic heterocycles. The molecule has 0 bridgehead atoms. The van der Waals surface area contributed by atoms with E-state index in [-0.39, 0.29) is 16.8 Å². The molecule has 5 aromatic rings. The van der Waals surface area contributed by atoms with Gasteiger partial charge in [-0.05, 0) is 37.3 Å². The SMILES string of the molecule is Cc1c(NC(=O)COC(=O)c2ccc3nc(-c4ccccc4)[nH]c3c2)c(=O)n(-c2ccccc2)n1C. The van der Waals surface area contributed by atoms with Gasteiger partial charge in [-0.25, -0.2) is 14.5 Å². The van der Waals surface area contributed by atoms with E-state index in [4.69, 9.17) is 4.74 Å². The molecule has 2 aromatic heterocycles. The number of benzene rings is 3. The molecule has 0 radical (unpaired) electrons. The lowest BCUT2D eigenvalue weighted by molar-refractivity contribution is -0.119. The number of aromatic nitrogens is 4. The van der Waals surface area contributed by atoms with Gasteiger partial charge >= 0.3 is 5.97 Å². The zero-order valence-corrected chi connectivity index (χ0v) is 19.7. The first-order valence-electron chi connectivity index (χ1n) is 11.3. The van der Waals surface area contributed by atoms with Gasteiger partial charge in [-0.15, -0.1) is 0 Å². The van der Waals surface area contributed by atoms with Gasteiger partial charge in [0.15, 0.2) is 6.61 Å². The van der Waals surface area contributed by atoms with Crippen LogP contribution in [0, 0.1) is 6.92 Å². The van der Waals surface area contributed by atoms with E-state index in [9.17, 15) is 14.4 Å². The van der Waals surface area contributed by atoms with E-state index >= 15 is 0 Å². The maximum Gasteiger partial charge on any atom is 0.338 e. The Kier molecular flexibility index (Phi) is 5.95. The molecule has 180 valence electrons. The molecule has 0 fully saturated rings. The number of ether oxygens (including phenoxy) is 1. The Morgan fingerprint density at radius 3 is 2.42 bits per heavy atom. The van der Waals surface area contributed by atoms with Crippen molar-refractivity contribution >= 4 is 28.6 Å². The topological polar surface area (TPSA) is 111 Å². The van der Waals surface area contributed by atoms with Crippen LogP contribution in [0.4, 0.5) is 5.69 Å². The molecule has 0 aliphatic rings. The number of para-hydroxylation sites is 1. The normalized spacial score (nSPS) is 10.9. The molecule has 5 rings (SSSR count). The Morgan fingerprint density at radius 2 is 1.69 bits per heavy atom. The highest BCUT2D eigenvalue weighted by Crippen LogP contribution is 2.21. The molecule has 9 heteroatoms. The first-order chi connectivity index (χ1) is 17.4. The van der Waals surface area contributed by atoms with E-state index in [1.807, 2.05) is 48.5 Å². The first kappa shape index (κ1) is 22.9. The van der Waals surface area contributed by atoms with Gasteiger partial charge in [-0.2, -0.15) is 0 Å². The molecule has 2 heterocycles. The zero-order chi connectivity index (χ0) is 25.2. The first-order valence-corrected chi connectivity index (χ1v) is 11.3. The molecular weight excluding hydrogens is 458 g/mol. The molecule has 0 atom stereocenters. The van der Waals surface area contributed by atoms with Gasteiger partial charge in [0, 0.05) is 12.6 Å². The van der Waals surface area contributed by atoms with Gasteiger partial charge in [-0.3, -0.25) is 14.3 Å². The molecule has 0 unspecified atom stereocenters. The van der Waals surface area contributed by atoms with Crippen LogP contribution in [0.5, 0.6) is 0 Å². The number of amides is 1. The van der Waals surface area contributed by atoms with Crippen LogP contribution in [-0.2, 0) is 16.6 Å². The van der Waals surface area contributed by atoms with Gasteiger partial charge in [0.05, 0.1) is 28.0 Å². The molecule has 1 amide bonds. The minimum Gasteiger partial charge on any atom is -0.452 e. The van der Waals surface area contributed by atoms with Crippen molar-refractivity contribution < 1.29 is 14.3 Å². The lowest BCUT2D eigenvalue weighted by Gasteiger charge is -2.07. The number of nitrogens with zero attached hydrogens (tertiary/aromatic N) is 3. The highest BCUT2D eigenvalue weighted by Gasteiger charge is 2.19. The summed E-state index contributed by atoms with van der Waals surface area (Å²) in [6.45, 7) is 1.19. The number of anilines is 1. The van der Waals surface area contributed by atoms with E-state index in [2.05, 4.69) is 15.3 Å². The Hall–Kier alpha value is -4.92. The minimum absolute atomic E-state index is 0.134. The van der Waals surface area contributed by atoms with Crippen molar-refractivity contribution in [2.75, 3.05) is 11.9 Å². The fourth-order valence-corrected chi connectivity index (χ4v) is 3.97. The lowest BCUT2D eigenvalue weighted by Crippen LogP contribution is -2.25. The van der Waals surface area contributed by atoms with E-state index in [1.54, 1.807) is 49.0 Å². The molecular formula is C27H23N5O4. The van der Waals surface area contributed by atoms with Crippen LogP contribution in [0.15, 0.2) is 83.7 Å². The molecule has 0 aliphatic carbocycles. The minimum atomic E-state index is -0.658. The standard InChI is InChI=1S/C27H23N5O4/c1-17-24(26(34)32(31(17)2)20-11-7-4-8-12-20)30-23(33)16-36-27(35)19-13-14-21-22(15-19)29-25(28-21)18-9-5-3-6-10-18/h3-15H,16H2,1-2H3,(H,28,29)(H,30,33). The monoisotopic (exact) mass is 481 g/mol. The highest BCUT2D eigenvalue weighted by atomic mass is 16.5. The second-order valence-electron chi connectivity index (χ2n) is 8.24. The maximum atomic E-state index is 12.9. The Balaban J connectivity index is 1.27. The number of rotatable bonds is 6. The highest BCUT2D eigenvalue weighted by molar-refractivity contribution is 5.97. The average Bonchev–Trinajstić information content (AvgIpc) is 3.42. The van der Waals surface area contributed by atoms with Gasteiger partial charge in [0.1, 0.15) is 11.5 Å². The van der Waals surface area contributed by atoms with Crippen molar-refractivity contribution in [1.82, 2.24) is 19.3 Å². The predicted octanol–water partition coefficient (Wildman–Crippen LogP) is 3.82. The molecule has 9 nitrogen and oxygen atoms in total. The molecule has 36 heavy (non-hydrogen) atoms. The summed E-state index contributed by atoms with van der Waals surface area (Å²) >= 11 is 0. The summed E-state index contributed by atoms with van der Waals surface area (Å²) < 4.78 is 8.32. The quantitative estimate of drug-likeness (QED) is 0.358. The zero-order valence-electron chi connectivity index (χ0n) is 19.7. The fourth-order valence-electron chi connectivity index (χ4n) is 3.97. The van der Waals surface area contributed by atoms with Gasteiger partial charge in [-0.1, -0.05) is 48.5 Å². The predicted molar refractivity (Wildman–Crippen MR) is 136 cm³/mol. The van der Waals surface area contributed by atoms with E-state index in [0.29, 0.717) is 28.2 Å². The van der Waals surface area contributed by atoms with Crippen molar-refractivity contribution in [3.63, 3.8) is 0 Å². The van der Waals surface area contributed by atoms with Crippen molar-refractivity contribution in [2.24, 2.45) is 7.05 Å². The third kappa shape index (κ3) is 4.29. The van der Waals surface area contributed by atoms with Gasteiger partial charge < -0.3 is 15.0 Å². The Bertz CT molecular complexity index is 1630. The summed E-state index contributed by atoms with van der Waals surface area (Å²) in [7, 11) is 1.73. The van der Waals surface area contributed by atoms with E-state index < -0.39 is 18.5 Å². The van der Waals surface area contributed by atoms with Crippen LogP contribution < -0.4 is 10.9 Å². The van der Waals surface area contributed by atoms with Crippen molar-refractivity contribution in [3.8, 4) is 17.1 Å². The van der Waals surface area contributed by atoms with E-state index in [0.717, 1.165) is 5.56 Å². The van der Waals surface area contributed by atoms with Crippen LogP contribution in [-0.4, -0.2) is 37.8 Å². The van der Waals surface area contributed by atoms with Crippen LogP contribution in [0.25, 0.3) is 28.1 Å². The molecule has 2 N–H and O–H groups in total. The number of hydrogen-bond donors (Lipinski definition) is 2. The number of hydrogen-bond acceptors (Lipinski definition) is 5. The number of H-pyrrole nitrogens is 1. The Labute approximate surface area is 206 Å². The number of fused-ring (bicyclic) bond motifs is 1. The van der Waals surface area contributed by atoms with Crippen molar-refractivity contribution in [3.05, 3.63) is 100 Å². The third-order valence-electron chi connectivity index (χ3n) is 5.92. The number of aromatic amines is 1. The average molecular weight is 482 g/mol. The maximum absolute atomic E-state index is 12.9. The number of carbonyl (C=O) groups is 2. The molecule has 0 spiro atoms. The summed E-state index contributed by atoms with van der Waals surface area (Å²) in [6.07, 6.45) is 0. The van der Waals surface area contributed by atoms with Crippen molar-refractivity contribution in [1.29, 1.82) is 0 Å². The van der Waals surface area contributed by atoms with Gasteiger partial charge in [0.2, 0.25) is 0 Å². The fraction of sp³-hybridized carbons (Fsp3) is 0.111. The van der Waals surface area contributed by atoms with Crippen LogP contribution in [0.3, 0.4) is 0 Å². The second-order valence-corrected chi connectivity index (χ2v) is 8.24. The summed E-state index contributed by atoms with van der Waals surface area (Å²) in [6, 6.07) is 23.7. The van der Waals surface area contributed by atoms with Gasteiger partial charge in [0.25, 0.3) is 11.5 Å². The molecule has 3 aromatic carbocycles. The van der Waals surface area contributed by atoms with Crippen LogP contribution >= 0.6 is 0 Å². The number of esters is 1. The largest absolute Gasteiger partial charge is 0.452 e. The summed E-state index contributed by atoms with van der Waals surface area (Å²) in [5, 5.41) is 2.58. The molecule has 0 saturated carbocycles. The smallest absolute Gasteiger partial charge is 0.338 e. The summed E-state index contributed by atoms with van der Waals surface area (Å²) in [5.41, 5.74) is 3.59. The summed E-state index contributed by atoms with van der Waals surface area (Å²) in [4.78, 5) is 45.8. The van der Waals surface area contributed by atoms with Crippen LogP contribution in [0.2, 0.25) is 0 Å². The molecule has 0 saturated heterocycles. The Morgan fingerprint density at radius 1 is 1.00 bits per heavy atom. The van der Waals surface area contributed by atoms with Crippen molar-refractivity contribution in [2.45, 2.75) is 6.92 Å². The van der Waals surface area contributed by atoms with E-state index in [1.165, 1.54) is 4.68 Å². The number of imidazole rings is 1. The van der Waals surface area contributed by atoms with Crippen LogP contribution in [0.1, 0.15) is 16.1 Å². The second kappa shape index (κ2) is 9.38. The number of carbonyl (C=O) groups excluding carboxylic acids is 2. The number of nitrogens with one attached hydrogen (secondary N) is 2. The third-order valence-corrected chi connectivity index (χ3v) is 5.92. The summed E-state index contributed by atoms with van der Waals surface area (Å²) in [5.74, 6) is -0.576. The lowest BCUT2D eigenvalue weighted by atomic mass is 10.2.